The number of alkyl halides is 2. The van der Waals surface area contributed by atoms with E-state index in [4.69, 9.17) is 5.11 Å². The molecule has 31 heavy (non-hydrogen) atoms. The number of carboxylic acids is 1. The van der Waals surface area contributed by atoms with E-state index in [-0.39, 0.29) is 13.0 Å². The number of carbonyl (C=O) groups excluding carboxylic acids is 1. The van der Waals surface area contributed by atoms with Crippen LogP contribution in [0.4, 0.5) is 8.78 Å². The van der Waals surface area contributed by atoms with Crippen LogP contribution in [-0.2, 0) is 9.59 Å². The number of hydrogen-bond acceptors (Lipinski definition) is 3. The third kappa shape index (κ3) is 8.50. The van der Waals surface area contributed by atoms with Crippen molar-refractivity contribution in [1.29, 1.82) is 0 Å². The molecule has 0 aliphatic carbocycles. The van der Waals surface area contributed by atoms with Crippen molar-refractivity contribution in [2.24, 2.45) is 0 Å². The molecule has 1 fully saturated rings. The predicted octanol–water partition coefficient (Wildman–Crippen LogP) is 4.01. The third-order valence-electron chi connectivity index (χ3n) is 5.11. The van der Waals surface area contributed by atoms with E-state index in [9.17, 15) is 23.5 Å². The molecule has 1 aliphatic heterocycles. The van der Waals surface area contributed by atoms with Gasteiger partial charge in [-0.3, -0.25) is 9.59 Å². The summed E-state index contributed by atoms with van der Waals surface area (Å²) in [6.07, 6.45) is 4.84. The van der Waals surface area contributed by atoms with Crippen molar-refractivity contribution in [3.63, 3.8) is 0 Å². The van der Waals surface area contributed by atoms with Crippen LogP contribution in [0.15, 0.2) is 42.5 Å². The summed E-state index contributed by atoms with van der Waals surface area (Å²) >= 11 is 0. The van der Waals surface area contributed by atoms with E-state index in [0.29, 0.717) is 38.5 Å². The first kappa shape index (κ1) is 24.5. The van der Waals surface area contributed by atoms with Crippen molar-refractivity contribution in [1.82, 2.24) is 4.90 Å². The summed E-state index contributed by atoms with van der Waals surface area (Å²) in [6, 6.07) is 8.71. The molecule has 2 rings (SSSR count). The Morgan fingerprint density at radius 1 is 1.23 bits per heavy atom. The van der Waals surface area contributed by atoms with Crippen LogP contribution < -0.4 is 0 Å². The average Bonchev–Trinajstić information content (AvgIpc) is 2.95. The van der Waals surface area contributed by atoms with Crippen molar-refractivity contribution < 1.29 is 28.6 Å². The highest BCUT2D eigenvalue weighted by Crippen LogP contribution is 2.34. The van der Waals surface area contributed by atoms with Crippen LogP contribution in [-0.4, -0.2) is 51.6 Å². The largest absolute Gasteiger partial charge is 0.481 e. The van der Waals surface area contributed by atoms with Gasteiger partial charge in [-0.25, -0.2) is 0 Å². The SMILES string of the molecule is O=C(O)CCCCCCN1C(=O)C(F)(F)C[C@@H]1/C=C/C(O)CCC#Cc1ccccc1. The number of amides is 1. The Balaban J connectivity index is 1.80. The Morgan fingerprint density at radius 2 is 1.94 bits per heavy atom. The van der Waals surface area contributed by atoms with Gasteiger partial charge in [0, 0.05) is 31.4 Å². The fourth-order valence-electron chi connectivity index (χ4n) is 3.43. The van der Waals surface area contributed by atoms with Crippen molar-refractivity contribution in [2.45, 2.75) is 69.4 Å². The van der Waals surface area contributed by atoms with E-state index in [2.05, 4.69) is 11.8 Å². The number of hydrogen-bond donors (Lipinski definition) is 2. The Kier molecular flexibility index (Phi) is 9.67. The predicted molar refractivity (Wildman–Crippen MR) is 113 cm³/mol. The molecule has 168 valence electrons. The fourth-order valence-corrected chi connectivity index (χ4v) is 3.43. The number of aliphatic carboxylic acids is 1. The first-order chi connectivity index (χ1) is 14.8. The lowest BCUT2D eigenvalue weighted by atomic mass is 10.1. The van der Waals surface area contributed by atoms with Gasteiger partial charge in [0.15, 0.2) is 0 Å². The highest BCUT2D eigenvalue weighted by atomic mass is 19.3. The lowest BCUT2D eigenvalue weighted by Crippen LogP contribution is -2.36. The second kappa shape index (κ2) is 12.2. The van der Waals surface area contributed by atoms with Crippen molar-refractivity contribution >= 4 is 11.9 Å². The summed E-state index contributed by atoms with van der Waals surface area (Å²) in [7, 11) is 0. The van der Waals surface area contributed by atoms with Crippen molar-refractivity contribution in [3.8, 4) is 11.8 Å². The molecule has 1 unspecified atom stereocenters. The first-order valence-corrected chi connectivity index (χ1v) is 10.6. The molecule has 2 atom stereocenters. The Hall–Kier alpha value is -2.72. The minimum absolute atomic E-state index is 0.0830. The molecule has 0 bridgehead atoms. The molecule has 1 aromatic rings. The monoisotopic (exact) mass is 433 g/mol. The van der Waals surface area contributed by atoms with Gasteiger partial charge in [0.05, 0.1) is 12.1 Å². The summed E-state index contributed by atoms with van der Waals surface area (Å²) in [6.45, 7) is 0.190. The van der Waals surface area contributed by atoms with Crippen LogP contribution >= 0.6 is 0 Å². The van der Waals surface area contributed by atoms with Gasteiger partial charge in [0.1, 0.15) is 0 Å². The van der Waals surface area contributed by atoms with Crippen LogP contribution in [0, 0.1) is 11.8 Å². The lowest BCUT2D eigenvalue weighted by Gasteiger charge is -2.22. The van der Waals surface area contributed by atoms with Gasteiger partial charge in [-0.2, -0.15) is 8.78 Å². The van der Waals surface area contributed by atoms with E-state index in [0.717, 1.165) is 10.5 Å². The molecule has 1 heterocycles. The summed E-state index contributed by atoms with van der Waals surface area (Å²) in [5.41, 5.74) is 0.887. The molecule has 1 saturated heterocycles. The number of aliphatic hydroxyl groups excluding tert-OH is 1. The smallest absolute Gasteiger partial charge is 0.327 e. The Morgan fingerprint density at radius 3 is 2.65 bits per heavy atom. The van der Waals surface area contributed by atoms with Crippen molar-refractivity contribution in [2.75, 3.05) is 6.54 Å². The molecule has 1 amide bonds. The van der Waals surface area contributed by atoms with E-state index < -0.39 is 36.4 Å². The molecule has 1 aromatic carbocycles. The maximum Gasteiger partial charge on any atom is 0.327 e. The molecular weight excluding hydrogens is 404 g/mol. The van der Waals surface area contributed by atoms with E-state index in [1.807, 2.05) is 30.3 Å². The normalized spacial score (nSPS) is 18.7. The zero-order valence-electron chi connectivity index (χ0n) is 17.5. The first-order valence-electron chi connectivity index (χ1n) is 10.6. The molecular formula is C24H29F2NO4. The summed E-state index contributed by atoms with van der Waals surface area (Å²) < 4.78 is 27.8. The molecule has 2 N–H and O–H groups in total. The second-order valence-electron chi connectivity index (χ2n) is 7.69. The number of carboxylic acid groups (broad SMARTS) is 1. The van der Waals surface area contributed by atoms with Crippen molar-refractivity contribution in [3.05, 3.63) is 48.0 Å². The zero-order valence-corrected chi connectivity index (χ0v) is 17.5. The van der Waals surface area contributed by atoms with Gasteiger partial charge in [-0.15, -0.1) is 0 Å². The molecule has 7 heteroatoms. The maximum absolute atomic E-state index is 13.9. The van der Waals surface area contributed by atoms with Crippen LogP contribution in [0.3, 0.4) is 0 Å². The number of nitrogens with zero attached hydrogens (tertiary/aromatic N) is 1. The second-order valence-corrected chi connectivity index (χ2v) is 7.69. The van der Waals surface area contributed by atoms with Gasteiger partial charge in [0.2, 0.25) is 0 Å². The van der Waals surface area contributed by atoms with Gasteiger partial charge in [-0.1, -0.05) is 55.0 Å². The number of halogens is 2. The van der Waals surface area contributed by atoms with Gasteiger partial charge >= 0.3 is 11.9 Å². The third-order valence-corrected chi connectivity index (χ3v) is 5.11. The topological polar surface area (TPSA) is 77.8 Å². The maximum atomic E-state index is 13.9. The van der Waals surface area contributed by atoms with E-state index in [1.54, 1.807) is 0 Å². The number of carbonyl (C=O) groups is 2. The Bertz CT molecular complexity index is 814. The quantitative estimate of drug-likeness (QED) is 0.314. The fraction of sp³-hybridized carbons (Fsp3) is 0.500. The summed E-state index contributed by atoms with van der Waals surface area (Å²) in [5, 5.41) is 18.7. The number of likely N-dealkylation sites (tertiary alicyclic amines) is 1. The van der Waals surface area contributed by atoms with Gasteiger partial charge in [0.25, 0.3) is 5.91 Å². The highest BCUT2D eigenvalue weighted by Gasteiger charge is 2.52. The van der Waals surface area contributed by atoms with Crippen LogP contribution in [0.1, 0.15) is 56.9 Å². The molecule has 1 aliphatic rings. The lowest BCUT2D eigenvalue weighted by molar-refractivity contribution is -0.148. The van der Waals surface area contributed by atoms with Gasteiger partial charge < -0.3 is 15.1 Å². The van der Waals surface area contributed by atoms with E-state index in [1.165, 1.54) is 12.2 Å². The van der Waals surface area contributed by atoms with Gasteiger partial charge in [-0.05, 0) is 31.4 Å². The van der Waals surface area contributed by atoms with Crippen LogP contribution in [0.2, 0.25) is 0 Å². The average molecular weight is 433 g/mol. The van der Waals surface area contributed by atoms with Crippen LogP contribution in [0.5, 0.6) is 0 Å². The Labute approximate surface area is 181 Å². The minimum atomic E-state index is -3.40. The standard InChI is InChI=1S/C24H29F2NO4/c25-24(26)18-20(27(23(24)31)17-9-2-1-6-14-22(29)30)15-16-21(28)13-8-7-12-19-10-4-3-5-11-19/h3-5,10-11,15-16,20-21,28H,1-2,6,8-9,13-14,17-18H2,(H,29,30)/b16-15+/t20-,21?/m0/s1. The molecule has 0 saturated carbocycles. The minimum Gasteiger partial charge on any atom is -0.481 e. The highest BCUT2D eigenvalue weighted by molar-refractivity contribution is 5.86. The molecule has 0 radical (unpaired) electrons. The number of rotatable bonds is 11. The number of benzene rings is 1. The number of aliphatic hydroxyl groups is 1. The molecule has 5 nitrogen and oxygen atoms in total. The van der Waals surface area contributed by atoms with E-state index >= 15 is 0 Å². The molecule has 0 spiro atoms. The summed E-state index contributed by atoms with van der Waals surface area (Å²) in [5.74, 6) is 0.531. The molecule has 0 aromatic heterocycles. The summed E-state index contributed by atoms with van der Waals surface area (Å²) in [4.78, 5) is 23.7. The number of unbranched alkanes of at least 4 members (excludes halogenated alkanes) is 3. The zero-order chi connectivity index (χ0) is 22.7. The van der Waals surface area contributed by atoms with Crippen LogP contribution in [0.25, 0.3) is 0 Å².